The molecule has 0 saturated carbocycles. The van der Waals surface area contributed by atoms with Gasteiger partial charge in [0.1, 0.15) is 11.4 Å². The lowest BCUT2D eigenvalue weighted by molar-refractivity contribution is -0.141. The first-order valence-electron chi connectivity index (χ1n) is 5.93. The van der Waals surface area contributed by atoms with Gasteiger partial charge in [-0.2, -0.15) is 0 Å². The summed E-state index contributed by atoms with van der Waals surface area (Å²) in [6.45, 7) is 5.97. The van der Waals surface area contributed by atoms with Crippen molar-refractivity contribution in [3.05, 3.63) is 29.8 Å². The predicted molar refractivity (Wildman–Crippen MR) is 77.6 cm³/mol. The van der Waals surface area contributed by atoms with E-state index >= 15 is 0 Å². The Morgan fingerprint density at radius 2 is 1.79 bits per heavy atom. The third-order valence-electron chi connectivity index (χ3n) is 2.35. The lowest BCUT2D eigenvalue weighted by Crippen LogP contribution is -2.23. The molecular weight excluding hydrogens is 266 g/mol. The molecular formula is C14H22ClNO3. The van der Waals surface area contributed by atoms with Crippen molar-refractivity contribution in [2.75, 3.05) is 7.11 Å². The standard InChI is InChI=1S/C14H21NO3.ClH/c1-14(2,3)18-11-7-5-10(6-8-11)12(15)9-13(16)17-4;/h5-8,12H,9,15H2,1-4H3;1H/t12-;/m0./s1. The number of hydrogen-bond donors (Lipinski definition) is 1. The van der Waals surface area contributed by atoms with Gasteiger partial charge in [0.15, 0.2) is 0 Å². The summed E-state index contributed by atoms with van der Waals surface area (Å²) in [6.07, 6.45) is 0.177. The zero-order chi connectivity index (χ0) is 13.8. The maximum atomic E-state index is 11.1. The molecule has 1 atom stereocenters. The van der Waals surface area contributed by atoms with E-state index in [0.29, 0.717) is 0 Å². The Bertz CT molecular complexity index is 398. The van der Waals surface area contributed by atoms with E-state index in [4.69, 9.17) is 10.5 Å². The van der Waals surface area contributed by atoms with Gasteiger partial charge in [-0.25, -0.2) is 0 Å². The van der Waals surface area contributed by atoms with Gasteiger partial charge in [0.25, 0.3) is 0 Å². The molecule has 0 spiro atoms. The zero-order valence-corrected chi connectivity index (χ0v) is 12.6. The van der Waals surface area contributed by atoms with E-state index < -0.39 is 0 Å². The molecule has 0 radical (unpaired) electrons. The molecule has 1 rings (SSSR count). The normalized spacial score (nSPS) is 12.3. The van der Waals surface area contributed by atoms with Crippen molar-refractivity contribution >= 4 is 18.4 Å². The molecule has 0 aliphatic heterocycles. The van der Waals surface area contributed by atoms with E-state index in [1.807, 2.05) is 45.0 Å². The maximum absolute atomic E-state index is 11.1. The van der Waals surface area contributed by atoms with Crippen molar-refractivity contribution in [2.24, 2.45) is 5.73 Å². The molecule has 5 heteroatoms. The van der Waals surface area contributed by atoms with Crippen LogP contribution in [0.1, 0.15) is 38.8 Å². The predicted octanol–water partition coefficient (Wildman–Crippen LogP) is 2.85. The monoisotopic (exact) mass is 287 g/mol. The summed E-state index contributed by atoms with van der Waals surface area (Å²) in [7, 11) is 1.36. The van der Waals surface area contributed by atoms with E-state index in [1.54, 1.807) is 0 Å². The van der Waals surface area contributed by atoms with E-state index in [1.165, 1.54) is 7.11 Å². The summed E-state index contributed by atoms with van der Waals surface area (Å²) in [5.41, 5.74) is 6.57. The molecule has 0 aliphatic carbocycles. The minimum Gasteiger partial charge on any atom is -0.488 e. The third-order valence-corrected chi connectivity index (χ3v) is 2.35. The lowest BCUT2D eigenvalue weighted by Gasteiger charge is -2.21. The second-order valence-electron chi connectivity index (χ2n) is 5.17. The van der Waals surface area contributed by atoms with Crippen molar-refractivity contribution in [1.29, 1.82) is 0 Å². The molecule has 0 heterocycles. The number of carbonyl (C=O) groups is 1. The number of methoxy groups -OCH3 is 1. The summed E-state index contributed by atoms with van der Waals surface area (Å²) >= 11 is 0. The molecule has 2 N–H and O–H groups in total. The van der Waals surface area contributed by atoms with E-state index in [-0.39, 0.29) is 36.4 Å². The second kappa shape index (κ2) is 7.36. The van der Waals surface area contributed by atoms with Crippen LogP contribution >= 0.6 is 12.4 Å². The highest BCUT2D eigenvalue weighted by atomic mass is 35.5. The van der Waals surface area contributed by atoms with Crippen LogP contribution in [-0.2, 0) is 9.53 Å². The van der Waals surface area contributed by atoms with E-state index in [9.17, 15) is 4.79 Å². The third kappa shape index (κ3) is 6.45. The Kier molecular flexibility index (Phi) is 6.87. The van der Waals surface area contributed by atoms with Gasteiger partial charge in [-0.1, -0.05) is 12.1 Å². The number of carbonyl (C=O) groups excluding carboxylic acids is 1. The highest BCUT2D eigenvalue weighted by molar-refractivity contribution is 5.85. The Hall–Kier alpha value is -1.26. The Morgan fingerprint density at radius 3 is 2.21 bits per heavy atom. The van der Waals surface area contributed by atoms with Crippen LogP contribution in [0.3, 0.4) is 0 Å². The smallest absolute Gasteiger partial charge is 0.307 e. The molecule has 1 aromatic carbocycles. The molecule has 4 nitrogen and oxygen atoms in total. The van der Waals surface area contributed by atoms with Crippen molar-refractivity contribution in [1.82, 2.24) is 0 Å². The molecule has 0 bridgehead atoms. The summed E-state index contributed by atoms with van der Waals surface area (Å²) < 4.78 is 10.3. The van der Waals surface area contributed by atoms with Gasteiger partial charge in [0, 0.05) is 6.04 Å². The maximum Gasteiger partial charge on any atom is 0.307 e. The van der Waals surface area contributed by atoms with Crippen LogP contribution in [0.15, 0.2) is 24.3 Å². The number of hydrogen-bond acceptors (Lipinski definition) is 4. The number of ether oxygens (including phenoxy) is 2. The fraction of sp³-hybridized carbons (Fsp3) is 0.500. The van der Waals surface area contributed by atoms with E-state index in [0.717, 1.165) is 11.3 Å². The summed E-state index contributed by atoms with van der Waals surface area (Å²) in [5, 5.41) is 0. The number of esters is 1. The van der Waals surface area contributed by atoms with Gasteiger partial charge in [-0.3, -0.25) is 4.79 Å². The van der Waals surface area contributed by atoms with Crippen LogP contribution in [0.4, 0.5) is 0 Å². The summed E-state index contributed by atoms with van der Waals surface area (Å²) in [6, 6.07) is 7.11. The topological polar surface area (TPSA) is 61.5 Å². The first-order valence-corrected chi connectivity index (χ1v) is 5.93. The van der Waals surface area contributed by atoms with Crippen molar-refractivity contribution in [2.45, 2.75) is 38.8 Å². The van der Waals surface area contributed by atoms with Crippen molar-refractivity contribution < 1.29 is 14.3 Å². The zero-order valence-electron chi connectivity index (χ0n) is 11.8. The second-order valence-corrected chi connectivity index (χ2v) is 5.17. The highest BCUT2D eigenvalue weighted by Gasteiger charge is 2.14. The molecule has 0 aliphatic rings. The lowest BCUT2D eigenvalue weighted by atomic mass is 10.0. The molecule has 0 unspecified atom stereocenters. The fourth-order valence-electron chi connectivity index (χ4n) is 1.52. The number of rotatable bonds is 4. The molecule has 0 fully saturated rings. The number of halogens is 1. The van der Waals surface area contributed by atoms with Crippen LogP contribution < -0.4 is 10.5 Å². The summed E-state index contributed by atoms with van der Waals surface area (Å²) in [4.78, 5) is 11.1. The molecule has 0 saturated heterocycles. The highest BCUT2D eigenvalue weighted by Crippen LogP contribution is 2.21. The first-order chi connectivity index (χ1) is 8.31. The van der Waals surface area contributed by atoms with Crippen LogP contribution in [0.2, 0.25) is 0 Å². The van der Waals surface area contributed by atoms with Crippen LogP contribution in [0.25, 0.3) is 0 Å². The van der Waals surface area contributed by atoms with Crippen LogP contribution in [0.5, 0.6) is 5.75 Å². The number of benzene rings is 1. The van der Waals surface area contributed by atoms with Gasteiger partial charge in [0.05, 0.1) is 13.5 Å². The van der Waals surface area contributed by atoms with Crippen LogP contribution in [-0.4, -0.2) is 18.7 Å². The van der Waals surface area contributed by atoms with E-state index in [2.05, 4.69) is 4.74 Å². The SMILES string of the molecule is COC(=O)C[C@H](N)c1ccc(OC(C)(C)C)cc1.Cl. The Morgan fingerprint density at radius 1 is 1.26 bits per heavy atom. The van der Waals surface area contributed by atoms with Gasteiger partial charge in [0.2, 0.25) is 0 Å². The fourth-order valence-corrected chi connectivity index (χ4v) is 1.52. The Balaban J connectivity index is 0.00000324. The first kappa shape index (κ1) is 17.7. The largest absolute Gasteiger partial charge is 0.488 e. The van der Waals surface area contributed by atoms with Gasteiger partial charge >= 0.3 is 5.97 Å². The molecule has 1 aromatic rings. The van der Waals surface area contributed by atoms with Crippen LogP contribution in [0, 0.1) is 0 Å². The molecule has 0 amide bonds. The molecule has 0 aromatic heterocycles. The quantitative estimate of drug-likeness (QED) is 0.865. The van der Waals surface area contributed by atoms with Gasteiger partial charge < -0.3 is 15.2 Å². The average molecular weight is 288 g/mol. The average Bonchev–Trinajstić information content (AvgIpc) is 2.27. The Labute approximate surface area is 120 Å². The van der Waals surface area contributed by atoms with Gasteiger partial charge in [-0.15, -0.1) is 12.4 Å². The minimum absolute atomic E-state index is 0. The minimum atomic E-state index is -0.346. The van der Waals surface area contributed by atoms with Gasteiger partial charge in [-0.05, 0) is 38.5 Å². The number of nitrogens with two attached hydrogens (primary N) is 1. The summed E-state index contributed by atoms with van der Waals surface area (Å²) in [5.74, 6) is 0.481. The van der Waals surface area contributed by atoms with Crippen molar-refractivity contribution in [3.63, 3.8) is 0 Å². The van der Waals surface area contributed by atoms with Crippen molar-refractivity contribution in [3.8, 4) is 5.75 Å². The molecule has 19 heavy (non-hydrogen) atoms. The molecule has 108 valence electrons.